The van der Waals surface area contributed by atoms with Gasteiger partial charge in [-0.05, 0) is 57.3 Å². The van der Waals surface area contributed by atoms with E-state index in [1.165, 1.54) is 19.3 Å². The third-order valence-corrected chi connectivity index (χ3v) is 6.89. The van der Waals surface area contributed by atoms with Crippen LogP contribution in [0.25, 0.3) is 0 Å². The van der Waals surface area contributed by atoms with Crippen LogP contribution >= 0.6 is 0 Å². The van der Waals surface area contributed by atoms with Crippen LogP contribution in [-0.2, 0) is 9.53 Å². The zero-order valence-corrected chi connectivity index (χ0v) is 11.1. The zero-order valence-electron chi connectivity index (χ0n) is 11.1. The highest BCUT2D eigenvalue weighted by molar-refractivity contribution is 5.94. The lowest BCUT2D eigenvalue weighted by Gasteiger charge is -2.51. The Morgan fingerprint density at radius 3 is 2.76 bits per heavy atom. The van der Waals surface area contributed by atoms with Crippen LogP contribution in [0.15, 0.2) is 0 Å². The summed E-state index contributed by atoms with van der Waals surface area (Å²) in [7, 11) is 0. The summed E-state index contributed by atoms with van der Waals surface area (Å²) in [5.41, 5.74) is -0.149. The number of rotatable bonds is 0. The fourth-order valence-electron chi connectivity index (χ4n) is 5.89. The molecule has 0 radical (unpaired) electrons. The smallest absolute Gasteiger partial charge is 0.170 e. The number of hydrogen-bond donors (Lipinski definition) is 0. The zero-order chi connectivity index (χ0) is 12.1. The number of ketones is 1. The molecule has 4 fully saturated rings. The molecule has 4 rings (SSSR count). The quantitative estimate of drug-likeness (QED) is 0.644. The van der Waals surface area contributed by atoms with E-state index in [4.69, 9.17) is 4.74 Å². The molecular weight excluding hydrogens is 212 g/mol. The Bertz CT molecular complexity index is 417. The summed E-state index contributed by atoms with van der Waals surface area (Å²) >= 11 is 0. The first-order chi connectivity index (χ1) is 7.92. The van der Waals surface area contributed by atoms with Gasteiger partial charge in [0.15, 0.2) is 5.78 Å². The Labute approximate surface area is 103 Å². The molecule has 94 valence electrons. The van der Waals surface area contributed by atoms with Gasteiger partial charge in [-0.2, -0.15) is 0 Å². The molecule has 1 spiro atoms. The van der Waals surface area contributed by atoms with Crippen LogP contribution in [0, 0.1) is 23.2 Å². The van der Waals surface area contributed by atoms with Crippen LogP contribution in [0.3, 0.4) is 0 Å². The highest BCUT2D eigenvalue weighted by atomic mass is 16.5. The van der Waals surface area contributed by atoms with Gasteiger partial charge in [-0.15, -0.1) is 0 Å². The molecule has 3 saturated carbocycles. The van der Waals surface area contributed by atoms with Gasteiger partial charge in [0, 0.05) is 5.92 Å². The highest BCUT2D eigenvalue weighted by Gasteiger charge is 2.74. The van der Waals surface area contributed by atoms with Crippen molar-refractivity contribution in [2.75, 3.05) is 0 Å². The molecule has 0 aromatic carbocycles. The number of carbonyl (C=O) groups excluding carboxylic acids is 1. The lowest BCUT2D eigenvalue weighted by Crippen LogP contribution is -2.55. The fraction of sp³-hybridized carbons (Fsp3) is 0.933. The maximum atomic E-state index is 12.6. The summed E-state index contributed by atoms with van der Waals surface area (Å²) in [5.74, 6) is 1.90. The van der Waals surface area contributed by atoms with Gasteiger partial charge < -0.3 is 4.74 Å². The van der Waals surface area contributed by atoms with Gasteiger partial charge in [0.25, 0.3) is 0 Å². The summed E-state index contributed by atoms with van der Waals surface area (Å²) in [6.07, 6.45) is 5.99. The molecule has 1 aliphatic heterocycles. The highest BCUT2D eigenvalue weighted by Crippen LogP contribution is 2.71. The summed E-state index contributed by atoms with van der Waals surface area (Å²) < 4.78 is 6.37. The Kier molecular flexibility index (Phi) is 1.63. The molecule has 1 unspecified atom stereocenters. The summed E-state index contributed by atoms with van der Waals surface area (Å²) in [4.78, 5) is 12.6. The topological polar surface area (TPSA) is 26.3 Å². The SMILES string of the molecule is C[C@@H]1CC[C@H]2C13CC[C@@]1(C)O[C@]2(C)C(=O)[C@H]1C3. The monoisotopic (exact) mass is 234 g/mol. The molecular formula is C15H22O2. The van der Waals surface area contributed by atoms with Crippen molar-refractivity contribution in [1.29, 1.82) is 0 Å². The fourth-order valence-corrected chi connectivity index (χ4v) is 5.89. The van der Waals surface area contributed by atoms with E-state index < -0.39 is 5.60 Å². The van der Waals surface area contributed by atoms with Gasteiger partial charge in [0.2, 0.25) is 0 Å². The van der Waals surface area contributed by atoms with Crippen LogP contribution in [0.5, 0.6) is 0 Å². The molecule has 2 heteroatoms. The molecule has 0 aromatic rings. The van der Waals surface area contributed by atoms with Crippen molar-refractivity contribution in [3.8, 4) is 0 Å². The molecule has 0 aromatic heterocycles. The predicted octanol–water partition coefficient (Wildman–Crippen LogP) is 2.95. The molecule has 6 atom stereocenters. The Balaban J connectivity index is 1.93. The van der Waals surface area contributed by atoms with Gasteiger partial charge in [-0.1, -0.05) is 6.92 Å². The molecule has 0 amide bonds. The van der Waals surface area contributed by atoms with Crippen molar-refractivity contribution in [2.24, 2.45) is 23.2 Å². The van der Waals surface area contributed by atoms with Crippen LogP contribution < -0.4 is 0 Å². The normalized spacial score (nSPS) is 64.2. The summed E-state index contributed by atoms with van der Waals surface area (Å²) in [5, 5.41) is 0. The van der Waals surface area contributed by atoms with Crippen molar-refractivity contribution in [3.63, 3.8) is 0 Å². The number of fused-ring (bicyclic) bond motifs is 2. The van der Waals surface area contributed by atoms with Gasteiger partial charge in [-0.25, -0.2) is 0 Å². The van der Waals surface area contributed by atoms with Gasteiger partial charge in [0.05, 0.1) is 11.5 Å². The Morgan fingerprint density at radius 1 is 1.24 bits per heavy atom. The molecule has 0 N–H and O–H groups in total. The Hall–Kier alpha value is -0.370. The molecule has 3 aliphatic carbocycles. The van der Waals surface area contributed by atoms with Crippen LogP contribution in [0.4, 0.5) is 0 Å². The van der Waals surface area contributed by atoms with Gasteiger partial charge >= 0.3 is 0 Å². The van der Waals surface area contributed by atoms with Crippen LogP contribution in [0.1, 0.15) is 52.9 Å². The van der Waals surface area contributed by atoms with E-state index in [1.54, 1.807) is 0 Å². The van der Waals surface area contributed by atoms with E-state index in [9.17, 15) is 4.79 Å². The molecule has 1 saturated heterocycles. The van der Waals surface area contributed by atoms with E-state index in [1.807, 2.05) is 0 Å². The number of Topliss-reactive ketones (excluding diaryl/α,β-unsaturated/α-hetero) is 1. The van der Waals surface area contributed by atoms with Crippen molar-refractivity contribution in [2.45, 2.75) is 64.1 Å². The first-order valence-corrected chi connectivity index (χ1v) is 7.17. The summed E-state index contributed by atoms with van der Waals surface area (Å²) in [6, 6.07) is 0. The minimum atomic E-state index is -0.446. The molecule has 1 heterocycles. The first-order valence-electron chi connectivity index (χ1n) is 7.17. The predicted molar refractivity (Wildman–Crippen MR) is 64.6 cm³/mol. The van der Waals surface area contributed by atoms with E-state index in [0.717, 1.165) is 18.8 Å². The third kappa shape index (κ3) is 0.905. The number of ether oxygens (including phenoxy) is 1. The number of carbonyl (C=O) groups is 1. The Morgan fingerprint density at radius 2 is 2.00 bits per heavy atom. The minimum absolute atomic E-state index is 0.138. The van der Waals surface area contributed by atoms with Crippen LogP contribution in [-0.4, -0.2) is 17.0 Å². The maximum absolute atomic E-state index is 12.6. The largest absolute Gasteiger partial charge is 0.360 e. The lowest BCUT2D eigenvalue weighted by molar-refractivity contribution is -0.150. The van der Waals surface area contributed by atoms with E-state index in [2.05, 4.69) is 20.8 Å². The average Bonchev–Trinajstić information content (AvgIpc) is 2.62. The van der Waals surface area contributed by atoms with Gasteiger partial charge in [0.1, 0.15) is 5.60 Å². The van der Waals surface area contributed by atoms with Crippen molar-refractivity contribution in [1.82, 2.24) is 0 Å². The molecule has 17 heavy (non-hydrogen) atoms. The lowest BCUT2D eigenvalue weighted by atomic mass is 9.50. The summed E-state index contributed by atoms with van der Waals surface area (Å²) in [6.45, 7) is 6.68. The second-order valence-electron chi connectivity index (χ2n) is 7.41. The van der Waals surface area contributed by atoms with Crippen molar-refractivity contribution in [3.05, 3.63) is 0 Å². The molecule has 4 aliphatic rings. The van der Waals surface area contributed by atoms with Gasteiger partial charge in [-0.3, -0.25) is 4.79 Å². The maximum Gasteiger partial charge on any atom is 0.170 e. The van der Waals surface area contributed by atoms with E-state index >= 15 is 0 Å². The second-order valence-corrected chi connectivity index (χ2v) is 7.41. The van der Waals surface area contributed by atoms with Crippen molar-refractivity contribution < 1.29 is 9.53 Å². The third-order valence-electron chi connectivity index (χ3n) is 6.89. The van der Waals surface area contributed by atoms with E-state index in [0.29, 0.717) is 17.1 Å². The average molecular weight is 234 g/mol. The molecule has 2 nitrogen and oxygen atoms in total. The second kappa shape index (κ2) is 2.64. The minimum Gasteiger partial charge on any atom is -0.360 e. The van der Waals surface area contributed by atoms with Crippen LogP contribution in [0.2, 0.25) is 0 Å². The molecule has 3 bridgehead atoms. The van der Waals surface area contributed by atoms with E-state index in [-0.39, 0.29) is 11.5 Å². The standard InChI is InChI=1S/C15H22O2/c1-9-4-5-11-14(3)12(16)10-8-15(9,11)7-6-13(10,2)17-14/h9-11H,4-8H2,1-3H3/t9-,10-,11-,13-,14+,15?/m1/s1. The number of hydrogen-bond acceptors (Lipinski definition) is 2. The first kappa shape index (κ1) is 10.5. The van der Waals surface area contributed by atoms with Crippen molar-refractivity contribution >= 4 is 5.78 Å².